The number of pyridine rings is 1. The summed E-state index contributed by atoms with van der Waals surface area (Å²) in [6, 6.07) is 9.26. The number of phenols is 1. The first-order valence-corrected chi connectivity index (χ1v) is 8.38. The molecule has 0 atom stereocenters. The first-order valence-electron chi connectivity index (χ1n) is 8.38. The predicted octanol–water partition coefficient (Wildman–Crippen LogP) is 1.75. The van der Waals surface area contributed by atoms with Crippen molar-refractivity contribution >= 4 is 28.8 Å². The third-order valence-corrected chi connectivity index (χ3v) is 4.71. The highest BCUT2D eigenvalue weighted by Crippen LogP contribution is 2.33. The van der Waals surface area contributed by atoms with Gasteiger partial charge in [0.2, 0.25) is 5.88 Å². The molecule has 0 radical (unpaired) electrons. The van der Waals surface area contributed by atoms with E-state index in [0.717, 1.165) is 6.21 Å². The first kappa shape index (κ1) is 17.9. The van der Waals surface area contributed by atoms with E-state index in [1.54, 1.807) is 18.2 Å². The number of rotatable bonds is 2. The number of carbonyl (C=O) groups excluding carboxylic acids is 2. The van der Waals surface area contributed by atoms with E-state index in [2.05, 4.69) is 10.1 Å². The molecule has 2 amide bonds. The van der Waals surface area contributed by atoms with E-state index in [4.69, 9.17) is 5.26 Å². The van der Waals surface area contributed by atoms with Gasteiger partial charge in [-0.15, -0.1) is 0 Å². The highest BCUT2D eigenvalue weighted by Gasteiger charge is 2.33. The Bertz CT molecular complexity index is 1360. The van der Waals surface area contributed by atoms with Crippen LogP contribution < -0.4 is 5.56 Å². The largest absolute Gasteiger partial charge is 0.508 e. The molecule has 0 saturated carbocycles. The topological polar surface area (TPSA) is 147 Å². The minimum absolute atomic E-state index is 0.0123. The van der Waals surface area contributed by atoms with Gasteiger partial charge >= 0.3 is 0 Å². The van der Waals surface area contributed by atoms with E-state index < -0.39 is 23.3 Å². The molecule has 0 saturated heterocycles. The van der Waals surface area contributed by atoms with Crippen molar-refractivity contribution in [1.29, 1.82) is 5.26 Å². The van der Waals surface area contributed by atoms with E-state index in [1.165, 1.54) is 25.1 Å². The van der Waals surface area contributed by atoms with Gasteiger partial charge in [0.1, 0.15) is 17.4 Å². The van der Waals surface area contributed by atoms with E-state index in [1.807, 2.05) is 0 Å². The van der Waals surface area contributed by atoms with Crippen LogP contribution in [-0.4, -0.2) is 38.2 Å². The molecule has 142 valence electrons. The van der Waals surface area contributed by atoms with Crippen molar-refractivity contribution in [3.63, 3.8) is 0 Å². The van der Waals surface area contributed by atoms with E-state index >= 15 is 0 Å². The maximum Gasteiger partial charge on any atom is 0.282 e. The summed E-state index contributed by atoms with van der Waals surface area (Å²) in [6.07, 6.45) is 1.02. The average Bonchev–Trinajstić information content (AvgIpc) is 2.67. The van der Waals surface area contributed by atoms with Crippen LogP contribution in [0, 0.1) is 18.3 Å². The van der Waals surface area contributed by atoms with Crippen LogP contribution in [0.25, 0.3) is 10.8 Å². The Hall–Kier alpha value is -4.45. The summed E-state index contributed by atoms with van der Waals surface area (Å²) in [5.74, 6) is -2.12. The zero-order chi connectivity index (χ0) is 20.9. The molecule has 0 aliphatic carbocycles. The summed E-state index contributed by atoms with van der Waals surface area (Å²) in [5, 5.41) is 34.4. The van der Waals surface area contributed by atoms with Crippen LogP contribution in [0.5, 0.6) is 11.6 Å². The second kappa shape index (κ2) is 6.31. The Labute approximate surface area is 162 Å². The summed E-state index contributed by atoms with van der Waals surface area (Å²) in [5.41, 5.74) is -0.514. The monoisotopic (exact) mass is 388 g/mol. The quantitative estimate of drug-likeness (QED) is 0.450. The van der Waals surface area contributed by atoms with Gasteiger partial charge in [0.15, 0.2) is 0 Å². The SMILES string of the molecule is Cc1c(/C=N/N2C(=O)c3cccc4cc(O)cc(c34)C2=O)c(O)[nH]c(=O)c1C#N. The number of hydrogen-bond acceptors (Lipinski definition) is 7. The van der Waals surface area contributed by atoms with Gasteiger partial charge in [-0.25, -0.2) is 0 Å². The van der Waals surface area contributed by atoms with Gasteiger partial charge in [-0.1, -0.05) is 12.1 Å². The second-order valence-electron chi connectivity index (χ2n) is 6.39. The van der Waals surface area contributed by atoms with Gasteiger partial charge in [0.25, 0.3) is 17.4 Å². The van der Waals surface area contributed by atoms with Crippen LogP contribution in [0.1, 0.15) is 37.4 Å². The Morgan fingerprint density at radius 2 is 1.86 bits per heavy atom. The molecular weight excluding hydrogens is 376 g/mol. The van der Waals surface area contributed by atoms with Gasteiger partial charge in [-0.2, -0.15) is 15.4 Å². The molecule has 1 aliphatic rings. The van der Waals surface area contributed by atoms with Crippen molar-refractivity contribution < 1.29 is 19.8 Å². The lowest BCUT2D eigenvalue weighted by Crippen LogP contribution is -2.36. The number of hydrazone groups is 1. The average molecular weight is 388 g/mol. The van der Waals surface area contributed by atoms with Crippen LogP contribution in [0.3, 0.4) is 0 Å². The van der Waals surface area contributed by atoms with E-state index in [-0.39, 0.29) is 33.6 Å². The molecule has 9 nitrogen and oxygen atoms in total. The van der Waals surface area contributed by atoms with E-state index in [0.29, 0.717) is 15.8 Å². The molecule has 1 aliphatic heterocycles. The first-order chi connectivity index (χ1) is 13.8. The Morgan fingerprint density at radius 3 is 2.59 bits per heavy atom. The predicted molar refractivity (Wildman–Crippen MR) is 102 cm³/mol. The smallest absolute Gasteiger partial charge is 0.282 e. The maximum atomic E-state index is 12.8. The number of aromatic nitrogens is 1. The maximum absolute atomic E-state index is 12.8. The van der Waals surface area contributed by atoms with Crippen LogP contribution >= 0.6 is 0 Å². The lowest BCUT2D eigenvalue weighted by atomic mass is 9.94. The van der Waals surface area contributed by atoms with E-state index in [9.17, 15) is 24.6 Å². The van der Waals surface area contributed by atoms with Crippen LogP contribution in [0.15, 0.2) is 40.2 Å². The summed E-state index contributed by atoms with van der Waals surface area (Å²) >= 11 is 0. The number of aromatic hydroxyl groups is 2. The van der Waals surface area contributed by atoms with Gasteiger partial charge < -0.3 is 10.2 Å². The number of nitrogens with one attached hydrogen (secondary N) is 1. The highest BCUT2D eigenvalue weighted by atomic mass is 16.3. The number of H-pyrrole nitrogens is 1. The molecule has 2 heterocycles. The fraction of sp³-hybridized carbons (Fsp3) is 0.0500. The molecule has 4 rings (SSSR count). The third kappa shape index (κ3) is 2.62. The van der Waals surface area contributed by atoms with Crippen molar-refractivity contribution in [2.45, 2.75) is 6.92 Å². The minimum atomic E-state index is -0.763. The Kier molecular flexibility index (Phi) is 3.91. The molecule has 0 bridgehead atoms. The van der Waals surface area contributed by atoms with Crippen LogP contribution in [0.4, 0.5) is 0 Å². The number of nitrogens with zero attached hydrogens (tertiary/aromatic N) is 3. The molecule has 3 N–H and O–H groups in total. The minimum Gasteiger partial charge on any atom is -0.508 e. The number of benzene rings is 2. The van der Waals surface area contributed by atoms with Crippen molar-refractivity contribution in [3.05, 3.63) is 68.5 Å². The number of hydrogen-bond donors (Lipinski definition) is 3. The molecule has 2 aromatic carbocycles. The van der Waals surface area contributed by atoms with Gasteiger partial charge in [0, 0.05) is 5.39 Å². The molecule has 1 aromatic heterocycles. The Balaban J connectivity index is 1.85. The van der Waals surface area contributed by atoms with Gasteiger partial charge in [0.05, 0.1) is 22.9 Å². The molecule has 0 spiro atoms. The fourth-order valence-electron chi connectivity index (χ4n) is 3.31. The zero-order valence-corrected chi connectivity index (χ0v) is 14.9. The lowest BCUT2D eigenvalue weighted by Gasteiger charge is -2.23. The van der Waals surface area contributed by atoms with Crippen molar-refractivity contribution in [1.82, 2.24) is 9.99 Å². The second-order valence-corrected chi connectivity index (χ2v) is 6.39. The fourth-order valence-corrected chi connectivity index (χ4v) is 3.31. The molecule has 9 heteroatoms. The lowest BCUT2D eigenvalue weighted by molar-refractivity contribution is 0.0616. The van der Waals surface area contributed by atoms with Crippen molar-refractivity contribution in [2.75, 3.05) is 0 Å². The number of imide groups is 1. The Morgan fingerprint density at radius 1 is 1.14 bits per heavy atom. The number of carbonyl (C=O) groups is 2. The molecule has 29 heavy (non-hydrogen) atoms. The zero-order valence-electron chi connectivity index (χ0n) is 14.9. The van der Waals surface area contributed by atoms with Gasteiger partial charge in [-0.05, 0) is 36.1 Å². The molecule has 0 unspecified atom stereocenters. The summed E-state index contributed by atoms with van der Waals surface area (Å²) in [7, 11) is 0. The number of amides is 2. The summed E-state index contributed by atoms with van der Waals surface area (Å²) in [4.78, 5) is 39.5. The molecule has 0 fully saturated rings. The summed E-state index contributed by atoms with van der Waals surface area (Å²) < 4.78 is 0. The van der Waals surface area contributed by atoms with Crippen molar-refractivity contribution in [3.8, 4) is 17.7 Å². The van der Waals surface area contributed by atoms with Gasteiger partial charge in [-0.3, -0.25) is 19.4 Å². The standard InChI is InChI=1S/C20H12N4O5/c1-9-14(7-21)17(26)23-18(27)15(9)8-22-24-19(28)12-4-2-3-10-5-11(25)6-13(16(10)12)20(24)29/h2-6,8,25H,1H3,(H2,23,26,27)/b22-8+. The third-order valence-electron chi connectivity index (χ3n) is 4.71. The molecular formula is C20H12N4O5. The molecule has 3 aromatic rings. The highest BCUT2D eigenvalue weighted by molar-refractivity contribution is 6.25. The summed E-state index contributed by atoms with van der Waals surface area (Å²) in [6.45, 7) is 1.43. The number of aromatic amines is 1. The van der Waals surface area contributed by atoms with Crippen LogP contribution in [-0.2, 0) is 0 Å². The number of nitriles is 1. The number of phenolic OH excluding ortho intramolecular Hbond substituents is 1. The van der Waals surface area contributed by atoms with Crippen molar-refractivity contribution in [2.24, 2.45) is 5.10 Å². The normalized spacial score (nSPS) is 13.3. The van der Waals surface area contributed by atoms with Crippen LogP contribution in [0.2, 0.25) is 0 Å².